The monoisotopic (exact) mass is 227 g/mol. The number of aromatic hydroxyl groups is 1. The van der Waals surface area contributed by atoms with Crippen LogP contribution in [0.15, 0.2) is 6.07 Å². The van der Waals surface area contributed by atoms with Crippen LogP contribution in [0, 0.1) is 6.92 Å². The summed E-state index contributed by atoms with van der Waals surface area (Å²) in [5, 5.41) is 12.6. The van der Waals surface area contributed by atoms with E-state index in [1.165, 1.54) is 6.92 Å². The molecule has 4 heteroatoms. The molecule has 0 aromatic heterocycles. The van der Waals surface area contributed by atoms with Gasteiger partial charge in [0.05, 0.1) is 10.7 Å². The van der Waals surface area contributed by atoms with Gasteiger partial charge >= 0.3 is 0 Å². The summed E-state index contributed by atoms with van der Waals surface area (Å²) in [6, 6.07) is 1.72. The van der Waals surface area contributed by atoms with Crippen LogP contribution in [0.3, 0.4) is 0 Å². The number of benzene rings is 1. The van der Waals surface area contributed by atoms with E-state index in [-0.39, 0.29) is 11.7 Å². The summed E-state index contributed by atoms with van der Waals surface area (Å²) in [4.78, 5) is 10.9. The maximum atomic E-state index is 10.9. The maximum Gasteiger partial charge on any atom is 0.221 e. The number of halogens is 1. The first kappa shape index (κ1) is 11.9. The number of carbonyl (C=O) groups excluding carboxylic acids is 1. The number of amides is 1. The van der Waals surface area contributed by atoms with Crippen molar-refractivity contribution in [1.29, 1.82) is 0 Å². The van der Waals surface area contributed by atoms with Crippen LogP contribution in [0.25, 0.3) is 0 Å². The highest BCUT2D eigenvalue weighted by Gasteiger charge is 2.13. The van der Waals surface area contributed by atoms with Crippen molar-refractivity contribution in [2.75, 3.05) is 5.32 Å². The van der Waals surface area contributed by atoms with Gasteiger partial charge in [-0.1, -0.05) is 18.5 Å². The van der Waals surface area contributed by atoms with E-state index >= 15 is 0 Å². The third-order valence-corrected chi connectivity index (χ3v) is 2.64. The Balaban J connectivity index is 3.27. The molecule has 0 aliphatic carbocycles. The highest BCUT2D eigenvalue weighted by molar-refractivity contribution is 6.33. The largest absolute Gasteiger partial charge is 0.504 e. The summed E-state index contributed by atoms with van der Waals surface area (Å²) < 4.78 is 0. The summed E-state index contributed by atoms with van der Waals surface area (Å²) in [5.41, 5.74) is 2.23. The summed E-state index contributed by atoms with van der Waals surface area (Å²) in [6.07, 6.45) is 0.749. The Bertz CT molecular complexity index is 402. The lowest BCUT2D eigenvalue weighted by atomic mass is 10.0. The number of rotatable bonds is 2. The number of aryl methyl sites for hydroxylation is 1. The molecule has 0 saturated carbocycles. The molecule has 1 rings (SSSR count). The first-order valence-electron chi connectivity index (χ1n) is 4.75. The normalized spacial score (nSPS) is 10.1. The highest BCUT2D eigenvalue weighted by Crippen LogP contribution is 2.37. The molecule has 3 nitrogen and oxygen atoms in total. The van der Waals surface area contributed by atoms with Crippen molar-refractivity contribution in [1.82, 2.24) is 0 Å². The Morgan fingerprint density at radius 3 is 2.67 bits per heavy atom. The van der Waals surface area contributed by atoms with E-state index in [0.717, 1.165) is 17.5 Å². The van der Waals surface area contributed by atoms with Crippen molar-refractivity contribution < 1.29 is 9.90 Å². The molecule has 0 aliphatic heterocycles. The van der Waals surface area contributed by atoms with Crippen LogP contribution in [0.5, 0.6) is 5.75 Å². The fourth-order valence-corrected chi connectivity index (χ4v) is 1.91. The number of phenols is 1. The van der Waals surface area contributed by atoms with Crippen molar-refractivity contribution in [2.24, 2.45) is 0 Å². The van der Waals surface area contributed by atoms with Gasteiger partial charge < -0.3 is 10.4 Å². The van der Waals surface area contributed by atoms with Gasteiger partial charge in [0.15, 0.2) is 5.75 Å². The van der Waals surface area contributed by atoms with Crippen molar-refractivity contribution in [3.8, 4) is 5.75 Å². The van der Waals surface area contributed by atoms with E-state index in [0.29, 0.717) is 10.7 Å². The first-order valence-corrected chi connectivity index (χ1v) is 5.13. The molecule has 2 N–H and O–H groups in total. The lowest BCUT2D eigenvalue weighted by Gasteiger charge is -2.12. The Labute approximate surface area is 94.1 Å². The van der Waals surface area contributed by atoms with Gasteiger partial charge in [-0.05, 0) is 30.5 Å². The molecule has 0 saturated heterocycles. The van der Waals surface area contributed by atoms with E-state index in [1.807, 2.05) is 13.8 Å². The molecule has 0 radical (unpaired) electrons. The van der Waals surface area contributed by atoms with Crippen LogP contribution in [0.2, 0.25) is 5.02 Å². The Hall–Kier alpha value is -1.22. The zero-order valence-electron chi connectivity index (χ0n) is 9.02. The van der Waals surface area contributed by atoms with Gasteiger partial charge in [-0.25, -0.2) is 0 Å². The van der Waals surface area contributed by atoms with Gasteiger partial charge in [-0.2, -0.15) is 0 Å². The van der Waals surface area contributed by atoms with Crippen LogP contribution in [0.4, 0.5) is 5.69 Å². The minimum atomic E-state index is -0.231. The molecule has 0 heterocycles. The van der Waals surface area contributed by atoms with Gasteiger partial charge in [0, 0.05) is 6.92 Å². The molecule has 0 aliphatic rings. The lowest BCUT2D eigenvalue weighted by Crippen LogP contribution is -2.07. The quantitative estimate of drug-likeness (QED) is 0.764. The second kappa shape index (κ2) is 4.53. The number of anilines is 1. The van der Waals surface area contributed by atoms with Gasteiger partial charge in [-0.3, -0.25) is 4.79 Å². The van der Waals surface area contributed by atoms with Gasteiger partial charge in [0.25, 0.3) is 0 Å². The summed E-state index contributed by atoms with van der Waals surface area (Å²) >= 11 is 5.99. The molecule has 0 spiro atoms. The summed E-state index contributed by atoms with van der Waals surface area (Å²) in [5.74, 6) is -0.292. The topological polar surface area (TPSA) is 49.3 Å². The van der Waals surface area contributed by atoms with Crippen LogP contribution < -0.4 is 5.32 Å². The molecule has 0 unspecified atom stereocenters. The molecule has 15 heavy (non-hydrogen) atoms. The molecule has 1 amide bonds. The third-order valence-electron chi connectivity index (χ3n) is 2.23. The molecule has 0 fully saturated rings. The predicted octanol–water partition coefficient (Wildman–Crippen LogP) is 2.87. The zero-order chi connectivity index (χ0) is 11.6. The van der Waals surface area contributed by atoms with Crippen LogP contribution >= 0.6 is 11.6 Å². The summed E-state index contributed by atoms with van der Waals surface area (Å²) in [6.45, 7) is 5.25. The van der Waals surface area contributed by atoms with Crippen LogP contribution in [0.1, 0.15) is 25.0 Å². The molecular formula is C11H14ClNO2. The molecule has 0 atom stereocenters. The fraction of sp³-hybridized carbons (Fsp3) is 0.364. The van der Waals surface area contributed by atoms with E-state index in [1.54, 1.807) is 6.07 Å². The Kier molecular flexibility index (Phi) is 3.58. The molecule has 0 bridgehead atoms. The van der Waals surface area contributed by atoms with Crippen LogP contribution in [-0.2, 0) is 11.2 Å². The number of carbonyl (C=O) groups is 1. The summed E-state index contributed by atoms with van der Waals surface area (Å²) in [7, 11) is 0. The number of hydrogen-bond donors (Lipinski definition) is 2. The van der Waals surface area contributed by atoms with Crippen LogP contribution in [-0.4, -0.2) is 11.0 Å². The van der Waals surface area contributed by atoms with Crippen molar-refractivity contribution in [3.63, 3.8) is 0 Å². The number of nitrogens with one attached hydrogen (secondary N) is 1. The molecule has 82 valence electrons. The minimum absolute atomic E-state index is 0.0608. The third kappa shape index (κ3) is 2.42. The van der Waals surface area contributed by atoms with Gasteiger partial charge in [0.1, 0.15) is 0 Å². The van der Waals surface area contributed by atoms with E-state index in [2.05, 4.69) is 5.32 Å². The SMILES string of the molecule is CCc1c(C)cc(NC(C)=O)c(O)c1Cl. The highest BCUT2D eigenvalue weighted by atomic mass is 35.5. The van der Waals surface area contributed by atoms with E-state index in [4.69, 9.17) is 11.6 Å². The van der Waals surface area contributed by atoms with Crippen molar-refractivity contribution in [3.05, 3.63) is 22.2 Å². The zero-order valence-corrected chi connectivity index (χ0v) is 9.77. The standard InChI is InChI=1S/C11H14ClNO2/c1-4-8-6(2)5-9(13-7(3)14)11(15)10(8)12/h5,15H,4H2,1-3H3,(H,13,14). The second-order valence-electron chi connectivity index (χ2n) is 3.42. The molecule has 1 aromatic rings. The minimum Gasteiger partial charge on any atom is -0.504 e. The molecule has 1 aromatic carbocycles. The average molecular weight is 228 g/mol. The maximum absolute atomic E-state index is 10.9. The van der Waals surface area contributed by atoms with E-state index < -0.39 is 0 Å². The van der Waals surface area contributed by atoms with E-state index in [9.17, 15) is 9.90 Å². The van der Waals surface area contributed by atoms with Gasteiger partial charge in [0.2, 0.25) is 5.91 Å². The van der Waals surface area contributed by atoms with Crippen molar-refractivity contribution >= 4 is 23.2 Å². The first-order chi connectivity index (χ1) is 6.97. The van der Waals surface area contributed by atoms with Gasteiger partial charge in [-0.15, -0.1) is 0 Å². The lowest BCUT2D eigenvalue weighted by molar-refractivity contribution is -0.114. The Morgan fingerprint density at radius 1 is 1.60 bits per heavy atom. The smallest absolute Gasteiger partial charge is 0.221 e. The Morgan fingerprint density at radius 2 is 2.20 bits per heavy atom. The number of phenolic OH excluding ortho intramolecular Hbond substituents is 1. The molecular weight excluding hydrogens is 214 g/mol. The van der Waals surface area contributed by atoms with Crippen molar-refractivity contribution in [2.45, 2.75) is 27.2 Å². The second-order valence-corrected chi connectivity index (χ2v) is 3.79. The fourth-order valence-electron chi connectivity index (χ4n) is 1.53. The number of hydrogen-bond acceptors (Lipinski definition) is 2. The average Bonchev–Trinajstić information content (AvgIpc) is 2.14. The predicted molar refractivity (Wildman–Crippen MR) is 61.5 cm³/mol.